The van der Waals surface area contributed by atoms with E-state index in [2.05, 4.69) is 33.8 Å². The van der Waals surface area contributed by atoms with Crippen molar-refractivity contribution in [3.63, 3.8) is 0 Å². The van der Waals surface area contributed by atoms with Crippen LogP contribution in [0.3, 0.4) is 0 Å². The second-order valence-electron chi connectivity index (χ2n) is 4.15. The number of hydrogen-bond acceptors (Lipinski definition) is 3. The highest BCUT2D eigenvalue weighted by Gasteiger charge is 2.20. The first-order chi connectivity index (χ1) is 8.09. The van der Waals surface area contributed by atoms with Crippen molar-refractivity contribution in [2.24, 2.45) is 5.73 Å². The van der Waals surface area contributed by atoms with Gasteiger partial charge in [0.1, 0.15) is 4.99 Å². The maximum Gasteiger partial charge on any atom is 0.104 e. The third kappa shape index (κ3) is 2.78. The van der Waals surface area contributed by atoms with E-state index in [1.165, 1.54) is 5.69 Å². The molecule has 1 heterocycles. The normalized spacial score (nSPS) is 20.4. The van der Waals surface area contributed by atoms with Crippen molar-refractivity contribution < 1.29 is 4.74 Å². The number of benzene rings is 1. The lowest BCUT2D eigenvalue weighted by atomic mass is 10.1. The Kier molecular flexibility index (Phi) is 4.01. The summed E-state index contributed by atoms with van der Waals surface area (Å²) in [7, 11) is 0. The molecule has 1 atom stereocenters. The molecule has 0 radical (unpaired) electrons. The molecule has 92 valence electrons. The number of nitrogens with zero attached hydrogens (tertiary/aromatic N) is 1. The second-order valence-corrected chi connectivity index (χ2v) is 5.44. The molecule has 0 amide bonds. The fourth-order valence-corrected chi connectivity index (χ4v) is 2.71. The monoisotopic (exact) mass is 314 g/mol. The third-order valence-electron chi connectivity index (χ3n) is 2.91. The topological polar surface area (TPSA) is 38.5 Å². The SMILES string of the molecule is CC1COCCN1c1ccc(C(N)=S)cc1Br. The molecular formula is C12H15BrN2OS. The average Bonchev–Trinajstić information content (AvgIpc) is 2.30. The number of rotatable bonds is 2. The van der Waals surface area contributed by atoms with Crippen molar-refractivity contribution >= 4 is 38.8 Å². The van der Waals surface area contributed by atoms with Crippen molar-refractivity contribution in [2.75, 3.05) is 24.7 Å². The predicted octanol–water partition coefficient (Wildman–Crippen LogP) is 2.31. The Labute approximate surface area is 115 Å². The second kappa shape index (κ2) is 5.33. The number of nitrogens with two attached hydrogens (primary N) is 1. The molecule has 1 aromatic carbocycles. The Balaban J connectivity index is 2.29. The highest BCUT2D eigenvalue weighted by molar-refractivity contribution is 9.10. The van der Waals surface area contributed by atoms with Crippen LogP contribution >= 0.6 is 28.1 Å². The molecule has 0 spiro atoms. The van der Waals surface area contributed by atoms with Crippen LogP contribution in [0.1, 0.15) is 12.5 Å². The molecule has 3 nitrogen and oxygen atoms in total. The van der Waals surface area contributed by atoms with Gasteiger partial charge in [0.05, 0.1) is 18.9 Å². The van der Waals surface area contributed by atoms with Crippen LogP contribution in [0.25, 0.3) is 0 Å². The average molecular weight is 315 g/mol. The number of anilines is 1. The Morgan fingerprint density at radius 3 is 2.94 bits per heavy atom. The molecule has 1 aliphatic heterocycles. The minimum absolute atomic E-state index is 0.385. The van der Waals surface area contributed by atoms with Gasteiger partial charge in [-0.1, -0.05) is 12.2 Å². The zero-order valence-electron chi connectivity index (χ0n) is 9.65. The first-order valence-corrected chi connectivity index (χ1v) is 6.73. The summed E-state index contributed by atoms with van der Waals surface area (Å²) in [6.07, 6.45) is 0. The van der Waals surface area contributed by atoms with Gasteiger partial charge in [-0.2, -0.15) is 0 Å². The first kappa shape index (κ1) is 12.8. The van der Waals surface area contributed by atoms with Crippen LogP contribution in [0.15, 0.2) is 22.7 Å². The van der Waals surface area contributed by atoms with Gasteiger partial charge in [0.2, 0.25) is 0 Å². The third-order valence-corrected chi connectivity index (χ3v) is 3.78. The van der Waals surface area contributed by atoms with E-state index < -0.39 is 0 Å². The first-order valence-electron chi connectivity index (χ1n) is 5.53. The molecule has 1 aromatic rings. The maximum absolute atomic E-state index is 5.62. The molecule has 1 saturated heterocycles. The Hall–Kier alpha value is -0.650. The number of hydrogen-bond donors (Lipinski definition) is 1. The van der Waals surface area contributed by atoms with Crippen molar-refractivity contribution in [1.29, 1.82) is 0 Å². The molecule has 1 aliphatic rings. The summed E-state index contributed by atoms with van der Waals surface area (Å²) >= 11 is 8.55. The van der Waals surface area contributed by atoms with E-state index in [9.17, 15) is 0 Å². The molecule has 17 heavy (non-hydrogen) atoms. The quantitative estimate of drug-likeness (QED) is 0.850. The van der Waals surface area contributed by atoms with Crippen LogP contribution in [-0.4, -0.2) is 30.8 Å². The minimum atomic E-state index is 0.385. The lowest BCUT2D eigenvalue weighted by Gasteiger charge is -2.36. The molecule has 2 rings (SSSR count). The lowest BCUT2D eigenvalue weighted by molar-refractivity contribution is 0.0989. The highest BCUT2D eigenvalue weighted by atomic mass is 79.9. The lowest BCUT2D eigenvalue weighted by Crippen LogP contribution is -2.43. The van der Waals surface area contributed by atoms with Gasteiger partial charge in [0.15, 0.2) is 0 Å². The van der Waals surface area contributed by atoms with Crippen LogP contribution < -0.4 is 10.6 Å². The largest absolute Gasteiger partial charge is 0.389 e. The van der Waals surface area contributed by atoms with Gasteiger partial charge < -0.3 is 15.4 Å². The van der Waals surface area contributed by atoms with E-state index in [0.29, 0.717) is 11.0 Å². The van der Waals surface area contributed by atoms with Crippen LogP contribution in [-0.2, 0) is 4.74 Å². The number of ether oxygens (including phenoxy) is 1. The van der Waals surface area contributed by atoms with Gasteiger partial charge in [-0.05, 0) is 41.1 Å². The number of morpholine rings is 1. The fourth-order valence-electron chi connectivity index (χ4n) is 1.98. The van der Waals surface area contributed by atoms with Crippen molar-refractivity contribution in [3.05, 3.63) is 28.2 Å². The van der Waals surface area contributed by atoms with Crippen molar-refractivity contribution in [2.45, 2.75) is 13.0 Å². The van der Waals surface area contributed by atoms with Crippen LogP contribution in [0.2, 0.25) is 0 Å². The Morgan fingerprint density at radius 1 is 1.59 bits per heavy atom. The molecule has 0 saturated carbocycles. The molecule has 1 fully saturated rings. The van der Waals surface area contributed by atoms with Gasteiger partial charge in [-0.15, -0.1) is 0 Å². The molecule has 0 bridgehead atoms. The maximum atomic E-state index is 5.62. The number of halogens is 1. The fraction of sp³-hybridized carbons (Fsp3) is 0.417. The van der Waals surface area contributed by atoms with Gasteiger partial charge in [-0.25, -0.2) is 0 Å². The van der Waals surface area contributed by atoms with Gasteiger partial charge >= 0.3 is 0 Å². The summed E-state index contributed by atoms with van der Waals surface area (Å²) < 4.78 is 6.46. The van der Waals surface area contributed by atoms with Gasteiger partial charge in [0, 0.05) is 22.6 Å². The highest BCUT2D eigenvalue weighted by Crippen LogP contribution is 2.29. The van der Waals surface area contributed by atoms with E-state index in [-0.39, 0.29) is 0 Å². The standard InChI is InChI=1S/C12H15BrN2OS/c1-8-7-16-5-4-15(8)11-3-2-9(12(14)17)6-10(11)13/h2-3,6,8H,4-5,7H2,1H3,(H2,14,17). The van der Waals surface area contributed by atoms with E-state index in [1.54, 1.807) is 0 Å². The molecule has 2 N–H and O–H groups in total. The Bertz CT molecular complexity index is 439. The summed E-state index contributed by atoms with van der Waals surface area (Å²) in [6, 6.07) is 6.38. The summed E-state index contributed by atoms with van der Waals surface area (Å²) in [5, 5.41) is 0. The van der Waals surface area contributed by atoms with E-state index in [0.717, 1.165) is 29.8 Å². The molecular weight excluding hydrogens is 300 g/mol. The van der Waals surface area contributed by atoms with Gasteiger partial charge in [-0.3, -0.25) is 0 Å². The van der Waals surface area contributed by atoms with E-state index in [4.69, 9.17) is 22.7 Å². The molecule has 0 aliphatic carbocycles. The summed E-state index contributed by atoms with van der Waals surface area (Å²) in [4.78, 5) is 2.75. The minimum Gasteiger partial charge on any atom is -0.389 e. The molecule has 1 unspecified atom stereocenters. The van der Waals surface area contributed by atoms with Crippen LogP contribution in [0.5, 0.6) is 0 Å². The zero-order chi connectivity index (χ0) is 12.4. The summed E-state index contributed by atoms with van der Waals surface area (Å²) in [5.41, 5.74) is 7.67. The summed E-state index contributed by atoms with van der Waals surface area (Å²) in [6.45, 7) is 4.61. The van der Waals surface area contributed by atoms with E-state index in [1.807, 2.05) is 12.1 Å². The zero-order valence-corrected chi connectivity index (χ0v) is 12.1. The van der Waals surface area contributed by atoms with Crippen LogP contribution in [0.4, 0.5) is 5.69 Å². The van der Waals surface area contributed by atoms with Gasteiger partial charge in [0.25, 0.3) is 0 Å². The van der Waals surface area contributed by atoms with E-state index >= 15 is 0 Å². The van der Waals surface area contributed by atoms with Crippen molar-refractivity contribution in [3.8, 4) is 0 Å². The van der Waals surface area contributed by atoms with Crippen molar-refractivity contribution in [1.82, 2.24) is 0 Å². The predicted molar refractivity (Wildman–Crippen MR) is 77.7 cm³/mol. The Morgan fingerprint density at radius 2 is 2.35 bits per heavy atom. The smallest absolute Gasteiger partial charge is 0.104 e. The summed E-state index contributed by atoms with van der Waals surface area (Å²) in [5.74, 6) is 0. The molecule has 0 aromatic heterocycles. The molecule has 5 heteroatoms. The van der Waals surface area contributed by atoms with Crippen LogP contribution in [0, 0.1) is 0 Å². The number of thiocarbonyl (C=S) groups is 1.